The van der Waals surface area contributed by atoms with Gasteiger partial charge in [0.2, 0.25) is 5.91 Å². The van der Waals surface area contributed by atoms with Gasteiger partial charge in [0.05, 0.1) is 11.4 Å². The molecule has 2 heterocycles. The molecule has 1 unspecified atom stereocenters. The van der Waals surface area contributed by atoms with E-state index in [1.807, 2.05) is 16.8 Å². The van der Waals surface area contributed by atoms with Crippen molar-refractivity contribution in [3.05, 3.63) is 39.6 Å². The van der Waals surface area contributed by atoms with E-state index in [1.54, 1.807) is 0 Å². The summed E-state index contributed by atoms with van der Waals surface area (Å²) in [5, 5.41) is 7.45. The molecule has 0 spiro atoms. The fourth-order valence-corrected chi connectivity index (χ4v) is 3.09. The second kappa shape index (κ2) is 5.27. The van der Waals surface area contributed by atoms with Crippen LogP contribution in [0, 0.1) is 0 Å². The molecule has 1 amide bonds. The summed E-state index contributed by atoms with van der Waals surface area (Å²) in [7, 11) is 0. The van der Waals surface area contributed by atoms with Crippen molar-refractivity contribution in [3.8, 4) is 5.69 Å². The van der Waals surface area contributed by atoms with Crippen molar-refractivity contribution < 1.29 is 4.79 Å². The van der Waals surface area contributed by atoms with E-state index in [0.717, 1.165) is 45.6 Å². The van der Waals surface area contributed by atoms with Crippen LogP contribution >= 0.6 is 15.9 Å². The summed E-state index contributed by atoms with van der Waals surface area (Å²) in [5.41, 5.74) is 10.6. The number of nitrogens with two attached hydrogens (primary N) is 1. The number of aryl methyl sites for hydroxylation is 2. The van der Waals surface area contributed by atoms with Crippen LogP contribution < -0.4 is 11.1 Å². The molecular formula is C15H17BrN4O. The van der Waals surface area contributed by atoms with E-state index in [-0.39, 0.29) is 5.91 Å². The van der Waals surface area contributed by atoms with E-state index < -0.39 is 6.04 Å². The Morgan fingerprint density at radius 2 is 2.10 bits per heavy atom. The van der Waals surface area contributed by atoms with Gasteiger partial charge in [-0.05, 0) is 47.0 Å². The molecule has 1 atom stereocenters. The molecule has 6 heteroatoms. The fraction of sp³-hybridized carbons (Fsp3) is 0.333. The lowest BCUT2D eigenvalue weighted by Crippen LogP contribution is -2.19. The first-order valence-corrected chi connectivity index (χ1v) is 7.82. The summed E-state index contributed by atoms with van der Waals surface area (Å²) >= 11 is 3.57. The zero-order valence-corrected chi connectivity index (χ0v) is 13.6. The molecule has 3 rings (SSSR count). The number of fused-ring (bicyclic) bond motifs is 1. The van der Waals surface area contributed by atoms with Crippen molar-refractivity contribution in [2.45, 2.75) is 32.7 Å². The number of nitrogens with one attached hydrogen (secondary N) is 1. The number of halogens is 1. The summed E-state index contributed by atoms with van der Waals surface area (Å²) in [6.45, 7) is 4.19. The van der Waals surface area contributed by atoms with Crippen LogP contribution in [0.2, 0.25) is 0 Å². The van der Waals surface area contributed by atoms with Crippen LogP contribution in [-0.2, 0) is 17.6 Å². The largest absolute Gasteiger partial charge is 0.324 e. The number of hydrogen-bond donors (Lipinski definition) is 2. The first-order chi connectivity index (χ1) is 10.0. The predicted molar refractivity (Wildman–Crippen MR) is 85.6 cm³/mol. The Balaban J connectivity index is 2.14. The lowest BCUT2D eigenvalue weighted by molar-refractivity contribution is -0.116. The number of amides is 1. The van der Waals surface area contributed by atoms with Gasteiger partial charge in [-0.3, -0.25) is 4.79 Å². The number of benzene rings is 1. The molecule has 110 valence electrons. The van der Waals surface area contributed by atoms with E-state index in [1.165, 1.54) is 0 Å². The van der Waals surface area contributed by atoms with Crippen molar-refractivity contribution >= 4 is 27.5 Å². The fourth-order valence-electron chi connectivity index (χ4n) is 2.56. The molecule has 0 bridgehead atoms. The number of nitrogens with zero attached hydrogens (tertiary/aromatic N) is 2. The molecule has 1 aliphatic rings. The Morgan fingerprint density at radius 1 is 1.33 bits per heavy atom. The third kappa shape index (κ3) is 2.28. The summed E-state index contributed by atoms with van der Waals surface area (Å²) in [5.74, 6) is -0.167. The quantitative estimate of drug-likeness (QED) is 0.895. The molecular weight excluding hydrogens is 332 g/mol. The van der Waals surface area contributed by atoms with Gasteiger partial charge in [0.1, 0.15) is 6.04 Å². The molecule has 5 nitrogen and oxygen atoms in total. The molecule has 0 radical (unpaired) electrons. The molecule has 0 saturated heterocycles. The van der Waals surface area contributed by atoms with E-state index >= 15 is 0 Å². The van der Waals surface area contributed by atoms with Crippen LogP contribution in [0.1, 0.15) is 36.8 Å². The maximum Gasteiger partial charge on any atom is 0.245 e. The maximum atomic E-state index is 11.7. The van der Waals surface area contributed by atoms with Gasteiger partial charge < -0.3 is 11.1 Å². The van der Waals surface area contributed by atoms with Crippen LogP contribution in [0.15, 0.2) is 22.7 Å². The Morgan fingerprint density at radius 3 is 2.76 bits per heavy atom. The summed E-state index contributed by atoms with van der Waals surface area (Å²) in [6.07, 6.45) is 1.78. The molecule has 0 aliphatic carbocycles. The number of carbonyl (C=O) groups excluding carboxylic acids is 1. The van der Waals surface area contributed by atoms with E-state index in [2.05, 4.69) is 46.3 Å². The highest BCUT2D eigenvalue weighted by molar-refractivity contribution is 9.10. The minimum absolute atomic E-state index is 0.167. The van der Waals surface area contributed by atoms with Crippen molar-refractivity contribution in [1.29, 1.82) is 0 Å². The Kier molecular flexibility index (Phi) is 3.59. The Bertz CT molecular complexity index is 723. The SMILES string of the molecule is CCc1cc(CC)n(-c2cc3c(cc2Br)C(N)C(=O)N3)n1. The smallest absolute Gasteiger partial charge is 0.245 e. The first kappa shape index (κ1) is 14.3. The van der Waals surface area contributed by atoms with Crippen LogP contribution in [0.4, 0.5) is 5.69 Å². The van der Waals surface area contributed by atoms with Crippen LogP contribution in [0.5, 0.6) is 0 Å². The first-order valence-electron chi connectivity index (χ1n) is 7.03. The summed E-state index contributed by atoms with van der Waals surface area (Å²) in [6, 6.07) is 5.35. The number of hydrogen-bond acceptors (Lipinski definition) is 3. The molecule has 1 aromatic heterocycles. The molecule has 3 N–H and O–H groups in total. The third-order valence-electron chi connectivity index (χ3n) is 3.78. The van der Waals surface area contributed by atoms with Gasteiger partial charge >= 0.3 is 0 Å². The molecule has 0 fully saturated rings. The highest BCUT2D eigenvalue weighted by Gasteiger charge is 2.28. The normalized spacial score (nSPS) is 17.0. The molecule has 1 aliphatic heterocycles. The van der Waals surface area contributed by atoms with E-state index in [4.69, 9.17) is 5.73 Å². The molecule has 2 aromatic rings. The van der Waals surface area contributed by atoms with Gasteiger partial charge in [-0.1, -0.05) is 13.8 Å². The summed E-state index contributed by atoms with van der Waals surface area (Å²) < 4.78 is 2.81. The summed E-state index contributed by atoms with van der Waals surface area (Å²) in [4.78, 5) is 11.7. The van der Waals surface area contributed by atoms with Crippen LogP contribution in [0.25, 0.3) is 5.69 Å². The van der Waals surface area contributed by atoms with Crippen molar-refractivity contribution in [2.24, 2.45) is 5.73 Å². The van der Waals surface area contributed by atoms with E-state index in [9.17, 15) is 4.79 Å². The lowest BCUT2D eigenvalue weighted by atomic mass is 10.1. The Hall–Kier alpha value is -1.66. The number of anilines is 1. The van der Waals surface area contributed by atoms with Crippen molar-refractivity contribution in [3.63, 3.8) is 0 Å². The number of rotatable bonds is 3. The van der Waals surface area contributed by atoms with Crippen LogP contribution in [-0.4, -0.2) is 15.7 Å². The number of carbonyl (C=O) groups is 1. The van der Waals surface area contributed by atoms with Crippen molar-refractivity contribution in [1.82, 2.24) is 9.78 Å². The van der Waals surface area contributed by atoms with Gasteiger partial charge in [-0.2, -0.15) is 5.10 Å². The second-order valence-corrected chi connectivity index (χ2v) is 5.96. The predicted octanol–water partition coefficient (Wildman–Crippen LogP) is 2.71. The average molecular weight is 349 g/mol. The third-order valence-corrected chi connectivity index (χ3v) is 4.42. The topological polar surface area (TPSA) is 72.9 Å². The highest BCUT2D eigenvalue weighted by atomic mass is 79.9. The molecule has 1 aromatic carbocycles. The minimum atomic E-state index is -0.597. The monoisotopic (exact) mass is 348 g/mol. The minimum Gasteiger partial charge on any atom is -0.324 e. The standard InChI is InChI=1S/C15H17BrN4O/c1-3-8-5-9(4-2)20(19-8)13-7-12-10(6-11(13)16)14(17)15(21)18-12/h5-7,14H,3-4,17H2,1-2H3,(H,18,21). The van der Waals surface area contributed by atoms with Gasteiger partial charge in [-0.15, -0.1) is 0 Å². The molecule has 0 saturated carbocycles. The van der Waals surface area contributed by atoms with Gasteiger partial charge in [-0.25, -0.2) is 4.68 Å². The highest BCUT2D eigenvalue weighted by Crippen LogP contribution is 2.36. The van der Waals surface area contributed by atoms with Crippen LogP contribution in [0.3, 0.4) is 0 Å². The molecule has 21 heavy (non-hydrogen) atoms. The zero-order valence-electron chi connectivity index (χ0n) is 12.0. The lowest BCUT2D eigenvalue weighted by Gasteiger charge is -2.11. The van der Waals surface area contributed by atoms with Gasteiger partial charge in [0.25, 0.3) is 0 Å². The average Bonchev–Trinajstić information content (AvgIpc) is 3.01. The van der Waals surface area contributed by atoms with Gasteiger partial charge in [0, 0.05) is 21.4 Å². The van der Waals surface area contributed by atoms with Gasteiger partial charge in [0.15, 0.2) is 0 Å². The van der Waals surface area contributed by atoms with E-state index in [0.29, 0.717) is 0 Å². The number of aromatic nitrogens is 2. The second-order valence-electron chi connectivity index (χ2n) is 5.10. The maximum absolute atomic E-state index is 11.7. The van der Waals surface area contributed by atoms with Crippen molar-refractivity contribution in [2.75, 3.05) is 5.32 Å². The zero-order chi connectivity index (χ0) is 15.1. The Labute approximate surface area is 131 Å².